The van der Waals surface area contributed by atoms with E-state index in [1.165, 1.54) is 17.8 Å². The Balaban J connectivity index is 1.83. The number of rotatable bonds is 6. The summed E-state index contributed by atoms with van der Waals surface area (Å²) in [7, 11) is 0. The summed E-state index contributed by atoms with van der Waals surface area (Å²) in [6.07, 6.45) is 0. The Morgan fingerprint density at radius 2 is 2.00 bits per heavy atom. The first-order chi connectivity index (χ1) is 12.9. The molecule has 2 aromatic carbocycles. The number of carboxylic acid groups (broad SMARTS) is 1. The highest BCUT2D eigenvalue weighted by atomic mass is 35.5. The van der Waals surface area contributed by atoms with Crippen molar-refractivity contribution in [2.45, 2.75) is 17.8 Å². The van der Waals surface area contributed by atoms with Gasteiger partial charge in [0.25, 0.3) is 0 Å². The van der Waals surface area contributed by atoms with Crippen molar-refractivity contribution in [2.24, 2.45) is 0 Å². The van der Waals surface area contributed by atoms with Crippen LogP contribution in [0, 0.1) is 12.7 Å². The van der Waals surface area contributed by atoms with Gasteiger partial charge in [0, 0.05) is 22.5 Å². The van der Waals surface area contributed by atoms with Gasteiger partial charge in [-0.3, -0.25) is 0 Å². The lowest BCUT2D eigenvalue weighted by Gasteiger charge is -2.11. The normalized spacial score (nSPS) is 10.6. The van der Waals surface area contributed by atoms with Crippen LogP contribution in [0.15, 0.2) is 53.7 Å². The van der Waals surface area contributed by atoms with E-state index in [-0.39, 0.29) is 11.3 Å². The van der Waals surface area contributed by atoms with Crippen molar-refractivity contribution in [1.82, 2.24) is 9.97 Å². The molecule has 138 valence electrons. The minimum Gasteiger partial charge on any atom is -0.478 e. The topological polar surface area (TPSA) is 75.1 Å². The number of aryl methyl sites for hydroxylation is 1. The number of hydrogen-bond donors (Lipinski definition) is 2. The fourth-order valence-corrected chi connectivity index (χ4v) is 3.56. The molecule has 0 unspecified atom stereocenters. The van der Waals surface area contributed by atoms with Crippen molar-refractivity contribution >= 4 is 40.8 Å². The van der Waals surface area contributed by atoms with Crippen molar-refractivity contribution in [1.29, 1.82) is 0 Å². The van der Waals surface area contributed by atoms with Crippen LogP contribution in [0.5, 0.6) is 0 Å². The van der Waals surface area contributed by atoms with E-state index in [1.54, 1.807) is 13.0 Å². The molecule has 0 aliphatic rings. The van der Waals surface area contributed by atoms with Crippen LogP contribution in [-0.2, 0) is 5.75 Å². The molecule has 3 aromatic rings. The van der Waals surface area contributed by atoms with E-state index in [1.807, 2.05) is 24.3 Å². The number of thioether (sulfide) groups is 1. The first-order valence-electron chi connectivity index (χ1n) is 7.94. The van der Waals surface area contributed by atoms with Crippen molar-refractivity contribution in [3.05, 3.63) is 76.2 Å². The van der Waals surface area contributed by atoms with Crippen LogP contribution in [0.25, 0.3) is 0 Å². The van der Waals surface area contributed by atoms with E-state index in [0.717, 1.165) is 17.7 Å². The molecule has 27 heavy (non-hydrogen) atoms. The second-order valence-electron chi connectivity index (χ2n) is 5.68. The fourth-order valence-electron chi connectivity index (χ4n) is 2.37. The minimum absolute atomic E-state index is 0.0436. The van der Waals surface area contributed by atoms with Crippen molar-refractivity contribution < 1.29 is 14.3 Å². The molecule has 2 N–H and O–H groups in total. The molecule has 0 saturated carbocycles. The van der Waals surface area contributed by atoms with Crippen LogP contribution in [0.3, 0.4) is 0 Å². The maximum Gasteiger partial charge on any atom is 0.337 e. The molecule has 0 bridgehead atoms. The van der Waals surface area contributed by atoms with E-state index in [0.29, 0.717) is 27.4 Å². The predicted molar refractivity (Wildman–Crippen MR) is 104 cm³/mol. The van der Waals surface area contributed by atoms with Crippen LogP contribution >= 0.6 is 23.4 Å². The maximum absolute atomic E-state index is 13.5. The number of anilines is 2. The molecule has 5 nitrogen and oxygen atoms in total. The monoisotopic (exact) mass is 403 g/mol. The maximum atomic E-state index is 13.5. The first-order valence-corrected chi connectivity index (χ1v) is 9.30. The number of nitrogens with zero attached hydrogens (tertiary/aromatic N) is 2. The lowest BCUT2D eigenvalue weighted by molar-refractivity contribution is 0.0698. The quantitative estimate of drug-likeness (QED) is 0.429. The third kappa shape index (κ3) is 4.96. The number of benzene rings is 2. The minimum atomic E-state index is -1.16. The van der Waals surface area contributed by atoms with Gasteiger partial charge in [0.1, 0.15) is 11.6 Å². The molecular formula is C19H15ClFN3O2S. The van der Waals surface area contributed by atoms with Crippen molar-refractivity contribution in [3.8, 4) is 0 Å². The summed E-state index contributed by atoms with van der Waals surface area (Å²) in [4.78, 5) is 20.1. The summed E-state index contributed by atoms with van der Waals surface area (Å²) in [6, 6.07) is 12.6. The van der Waals surface area contributed by atoms with Gasteiger partial charge in [0.05, 0.1) is 11.3 Å². The summed E-state index contributed by atoms with van der Waals surface area (Å²) >= 11 is 7.57. The molecule has 0 amide bonds. The zero-order valence-electron chi connectivity index (χ0n) is 14.2. The van der Waals surface area contributed by atoms with Gasteiger partial charge < -0.3 is 10.4 Å². The van der Waals surface area contributed by atoms with E-state index in [4.69, 9.17) is 11.6 Å². The number of aromatic carboxylic acids is 1. The Morgan fingerprint density at radius 1 is 1.22 bits per heavy atom. The van der Waals surface area contributed by atoms with Crippen molar-refractivity contribution in [2.75, 3.05) is 5.32 Å². The molecule has 1 heterocycles. The molecule has 0 aliphatic heterocycles. The number of carbonyl (C=O) groups is 1. The second-order valence-corrected chi connectivity index (χ2v) is 7.03. The highest BCUT2D eigenvalue weighted by Gasteiger charge is 2.13. The highest BCUT2D eigenvalue weighted by Crippen LogP contribution is 2.27. The van der Waals surface area contributed by atoms with Gasteiger partial charge in [-0.25, -0.2) is 19.2 Å². The Bertz CT molecular complexity index is 1000. The number of nitrogens with one attached hydrogen (secondary N) is 1. The fraction of sp³-hybridized carbons (Fsp3) is 0.105. The highest BCUT2D eigenvalue weighted by molar-refractivity contribution is 7.98. The standard InChI is InChI=1S/C19H15ClFN3O2S/c1-11-8-17(23-16-9-13(21)6-7-14(16)18(25)26)24-19(22-11)27-10-12-4-2-3-5-15(12)20/h2-9H,10H2,1H3,(H,25,26)(H,22,23,24). The largest absolute Gasteiger partial charge is 0.478 e. The van der Waals surface area contributed by atoms with Crippen LogP contribution in [0.4, 0.5) is 15.9 Å². The van der Waals surface area contributed by atoms with Gasteiger partial charge in [0.2, 0.25) is 0 Å². The number of hydrogen-bond acceptors (Lipinski definition) is 5. The molecule has 3 rings (SSSR count). The van der Waals surface area contributed by atoms with Gasteiger partial charge in [-0.05, 0) is 36.8 Å². The molecule has 0 fully saturated rings. The molecule has 0 radical (unpaired) electrons. The van der Waals surface area contributed by atoms with Crippen LogP contribution in [0.1, 0.15) is 21.6 Å². The molecule has 0 aliphatic carbocycles. The molecule has 0 saturated heterocycles. The van der Waals surface area contributed by atoms with E-state index in [9.17, 15) is 14.3 Å². The summed E-state index contributed by atoms with van der Waals surface area (Å²) in [6.45, 7) is 1.80. The van der Waals surface area contributed by atoms with Gasteiger partial charge in [0.15, 0.2) is 5.16 Å². The lowest BCUT2D eigenvalue weighted by atomic mass is 10.1. The molecule has 8 heteroatoms. The molecular weight excluding hydrogens is 389 g/mol. The van der Waals surface area contributed by atoms with E-state index < -0.39 is 11.8 Å². The van der Waals surface area contributed by atoms with Gasteiger partial charge in [-0.1, -0.05) is 41.6 Å². The number of halogens is 2. The van der Waals surface area contributed by atoms with Crippen LogP contribution in [-0.4, -0.2) is 21.0 Å². The Kier molecular flexibility index (Phi) is 5.93. The van der Waals surface area contributed by atoms with E-state index in [2.05, 4.69) is 15.3 Å². The predicted octanol–water partition coefficient (Wildman–Crippen LogP) is 5.31. The SMILES string of the molecule is Cc1cc(Nc2cc(F)ccc2C(=O)O)nc(SCc2ccccc2Cl)n1. The molecule has 1 aromatic heterocycles. The summed E-state index contributed by atoms with van der Waals surface area (Å²) < 4.78 is 13.5. The summed E-state index contributed by atoms with van der Waals surface area (Å²) in [5, 5.41) is 13.3. The van der Waals surface area contributed by atoms with Crippen molar-refractivity contribution in [3.63, 3.8) is 0 Å². The van der Waals surface area contributed by atoms with Gasteiger partial charge >= 0.3 is 5.97 Å². The third-order valence-corrected chi connectivity index (χ3v) is 4.89. The second kappa shape index (κ2) is 8.37. The summed E-state index contributed by atoms with van der Waals surface area (Å²) in [5.74, 6) is -0.724. The Labute approximate surface area is 164 Å². The van der Waals surface area contributed by atoms with Crippen LogP contribution in [0.2, 0.25) is 5.02 Å². The van der Waals surface area contributed by atoms with Crippen LogP contribution < -0.4 is 5.32 Å². The molecule has 0 atom stereocenters. The zero-order valence-corrected chi connectivity index (χ0v) is 15.8. The smallest absolute Gasteiger partial charge is 0.337 e. The molecule has 0 spiro atoms. The average Bonchev–Trinajstić information content (AvgIpc) is 2.60. The van der Waals surface area contributed by atoms with E-state index >= 15 is 0 Å². The first kappa shape index (κ1) is 19.1. The average molecular weight is 404 g/mol. The zero-order chi connectivity index (χ0) is 19.4. The number of carboxylic acids is 1. The third-order valence-electron chi connectivity index (χ3n) is 3.62. The Hall–Kier alpha value is -2.64. The number of aromatic nitrogens is 2. The summed E-state index contributed by atoms with van der Waals surface area (Å²) in [5.41, 5.74) is 1.74. The lowest BCUT2D eigenvalue weighted by Crippen LogP contribution is -2.05. The van der Waals surface area contributed by atoms with Gasteiger partial charge in [-0.15, -0.1) is 0 Å². The Morgan fingerprint density at radius 3 is 2.74 bits per heavy atom. The van der Waals surface area contributed by atoms with Gasteiger partial charge in [-0.2, -0.15) is 0 Å².